The predicted octanol–water partition coefficient (Wildman–Crippen LogP) is 2.78. The number of aryl methyl sites for hydroxylation is 1. The summed E-state index contributed by atoms with van der Waals surface area (Å²) in [4.78, 5) is 21.8. The fourth-order valence-electron chi connectivity index (χ4n) is 2.16. The molecule has 1 aliphatic rings. The van der Waals surface area contributed by atoms with Crippen LogP contribution < -0.4 is 5.32 Å². The van der Waals surface area contributed by atoms with Gasteiger partial charge < -0.3 is 9.73 Å². The zero-order valence-corrected chi connectivity index (χ0v) is 9.90. The van der Waals surface area contributed by atoms with Crippen LogP contribution in [0.25, 0.3) is 11.3 Å². The lowest BCUT2D eigenvalue weighted by Crippen LogP contribution is -2.20. The second-order valence-corrected chi connectivity index (χ2v) is 4.36. The molecule has 0 radical (unpaired) electrons. The molecule has 2 aromatic rings. The molecule has 0 saturated carbocycles. The lowest BCUT2D eigenvalue weighted by Gasteiger charge is -2.18. The van der Waals surface area contributed by atoms with Crippen molar-refractivity contribution < 1.29 is 18.4 Å². The first-order valence-corrected chi connectivity index (χ1v) is 5.85. The number of benzene rings is 1. The highest BCUT2D eigenvalue weighted by atomic mass is 19.1. The molecule has 1 aromatic carbocycles. The first kappa shape index (κ1) is 11.6. The number of nitrogens with one attached hydrogen (secondary N) is 1. The number of hydrogen-bond donors (Lipinski definition) is 1. The number of rotatable bonds is 2. The maximum Gasteiger partial charge on any atom is 0.224 e. The van der Waals surface area contributed by atoms with Crippen molar-refractivity contribution in [1.82, 2.24) is 0 Å². The smallest absolute Gasteiger partial charge is 0.224 e. The van der Waals surface area contributed by atoms with Crippen LogP contribution in [0, 0.1) is 5.82 Å². The van der Waals surface area contributed by atoms with Gasteiger partial charge in [0.1, 0.15) is 11.6 Å². The molecule has 5 heteroatoms. The molecule has 0 bridgehead atoms. The van der Waals surface area contributed by atoms with Crippen molar-refractivity contribution in [1.29, 1.82) is 0 Å². The minimum absolute atomic E-state index is 0.180. The highest BCUT2D eigenvalue weighted by molar-refractivity contribution is 5.94. The molecule has 0 saturated heterocycles. The molecule has 19 heavy (non-hydrogen) atoms. The van der Waals surface area contributed by atoms with E-state index in [2.05, 4.69) is 5.32 Å². The first-order valence-electron chi connectivity index (χ1n) is 5.85. The van der Waals surface area contributed by atoms with Crippen LogP contribution in [0.15, 0.2) is 28.7 Å². The summed E-state index contributed by atoms with van der Waals surface area (Å²) in [6.45, 7) is 0. The third-order valence-corrected chi connectivity index (χ3v) is 3.09. The van der Waals surface area contributed by atoms with Crippen molar-refractivity contribution in [2.24, 2.45) is 0 Å². The number of aldehydes is 1. The van der Waals surface area contributed by atoms with E-state index in [1.165, 1.54) is 12.1 Å². The van der Waals surface area contributed by atoms with Crippen LogP contribution >= 0.6 is 0 Å². The van der Waals surface area contributed by atoms with Crippen molar-refractivity contribution >= 4 is 17.9 Å². The second-order valence-electron chi connectivity index (χ2n) is 4.36. The van der Waals surface area contributed by atoms with Gasteiger partial charge in [-0.25, -0.2) is 4.39 Å². The molecule has 96 valence electrons. The Morgan fingerprint density at radius 3 is 2.84 bits per heavy atom. The Balaban J connectivity index is 2.07. The van der Waals surface area contributed by atoms with E-state index in [9.17, 15) is 14.0 Å². The Labute approximate surface area is 108 Å². The maximum atomic E-state index is 14.0. The van der Waals surface area contributed by atoms with E-state index in [-0.39, 0.29) is 17.4 Å². The fourth-order valence-corrected chi connectivity index (χ4v) is 2.16. The molecular formula is C14H10FNO3. The third kappa shape index (κ3) is 2.03. The Bertz CT molecular complexity index is 675. The SMILES string of the molecule is O=Cc1ccc(-c2cc(F)c3c(c2)CCC(=O)N3)o1. The van der Waals surface area contributed by atoms with Gasteiger partial charge in [-0.3, -0.25) is 9.59 Å². The van der Waals surface area contributed by atoms with E-state index in [0.717, 1.165) is 5.56 Å². The van der Waals surface area contributed by atoms with Crippen molar-refractivity contribution in [2.45, 2.75) is 12.8 Å². The number of anilines is 1. The zero-order chi connectivity index (χ0) is 13.4. The van der Waals surface area contributed by atoms with Crippen LogP contribution in [-0.2, 0) is 11.2 Å². The van der Waals surface area contributed by atoms with Crippen LogP contribution in [-0.4, -0.2) is 12.2 Å². The van der Waals surface area contributed by atoms with Gasteiger partial charge in [0.05, 0.1) is 5.69 Å². The Morgan fingerprint density at radius 2 is 2.11 bits per heavy atom. The summed E-state index contributed by atoms with van der Waals surface area (Å²) in [7, 11) is 0. The number of furan rings is 1. The summed E-state index contributed by atoms with van der Waals surface area (Å²) in [5.74, 6) is -0.0490. The minimum Gasteiger partial charge on any atom is -0.453 e. The van der Waals surface area contributed by atoms with Crippen LogP contribution in [0.2, 0.25) is 0 Å². The molecule has 2 heterocycles. The molecule has 1 amide bonds. The largest absolute Gasteiger partial charge is 0.453 e. The predicted molar refractivity (Wildman–Crippen MR) is 66.4 cm³/mol. The van der Waals surface area contributed by atoms with Crippen molar-refractivity contribution in [3.8, 4) is 11.3 Å². The zero-order valence-electron chi connectivity index (χ0n) is 9.90. The van der Waals surface area contributed by atoms with Crippen LogP contribution in [0.5, 0.6) is 0 Å². The summed E-state index contributed by atoms with van der Waals surface area (Å²) >= 11 is 0. The maximum absolute atomic E-state index is 14.0. The average molecular weight is 259 g/mol. The number of halogens is 1. The van der Waals surface area contributed by atoms with Crippen LogP contribution in [0.1, 0.15) is 22.5 Å². The molecule has 0 aliphatic carbocycles. The Morgan fingerprint density at radius 1 is 1.26 bits per heavy atom. The molecule has 3 rings (SSSR count). The Hall–Kier alpha value is -2.43. The van der Waals surface area contributed by atoms with E-state index in [1.54, 1.807) is 12.1 Å². The van der Waals surface area contributed by atoms with Gasteiger partial charge in [0.25, 0.3) is 0 Å². The standard InChI is InChI=1S/C14H10FNO3/c15-11-6-9(12-3-2-10(7-17)19-12)5-8-1-4-13(18)16-14(8)11/h2-3,5-7H,1,4H2,(H,16,18). The van der Waals surface area contributed by atoms with Crippen molar-refractivity contribution in [3.05, 3.63) is 41.4 Å². The molecule has 4 nitrogen and oxygen atoms in total. The summed E-state index contributed by atoms with van der Waals surface area (Å²) in [5.41, 5.74) is 1.53. The summed E-state index contributed by atoms with van der Waals surface area (Å²) < 4.78 is 19.2. The van der Waals surface area contributed by atoms with E-state index in [4.69, 9.17) is 4.42 Å². The molecule has 1 aromatic heterocycles. The van der Waals surface area contributed by atoms with Crippen molar-refractivity contribution in [2.75, 3.05) is 5.32 Å². The van der Waals surface area contributed by atoms with E-state index >= 15 is 0 Å². The first-order chi connectivity index (χ1) is 9.17. The summed E-state index contributed by atoms with van der Waals surface area (Å²) in [6.07, 6.45) is 1.43. The van der Waals surface area contributed by atoms with Gasteiger partial charge in [-0.1, -0.05) is 0 Å². The monoisotopic (exact) mass is 259 g/mol. The molecular weight excluding hydrogens is 249 g/mol. The number of amides is 1. The third-order valence-electron chi connectivity index (χ3n) is 3.09. The topological polar surface area (TPSA) is 59.3 Å². The highest BCUT2D eigenvalue weighted by Gasteiger charge is 2.20. The lowest BCUT2D eigenvalue weighted by atomic mass is 9.99. The van der Waals surface area contributed by atoms with Gasteiger partial charge >= 0.3 is 0 Å². The average Bonchev–Trinajstić information content (AvgIpc) is 2.88. The minimum atomic E-state index is -0.496. The Kier molecular flexibility index (Phi) is 2.67. The molecule has 1 aliphatic heterocycles. The molecule has 0 atom stereocenters. The van der Waals surface area contributed by atoms with Crippen molar-refractivity contribution in [3.63, 3.8) is 0 Å². The van der Waals surface area contributed by atoms with Gasteiger partial charge in [-0.15, -0.1) is 0 Å². The van der Waals surface area contributed by atoms with Gasteiger partial charge in [0.2, 0.25) is 5.91 Å². The van der Waals surface area contributed by atoms with Crippen LogP contribution in [0.4, 0.5) is 10.1 Å². The lowest BCUT2D eigenvalue weighted by molar-refractivity contribution is -0.116. The molecule has 0 unspecified atom stereocenters. The van der Waals surface area contributed by atoms with Gasteiger partial charge in [-0.2, -0.15) is 0 Å². The number of fused-ring (bicyclic) bond motifs is 1. The van der Waals surface area contributed by atoms with E-state index in [0.29, 0.717) is 30.5 Å². The molecule has 0 fully saturated rings. The second kappa shape index (κ2) is 4.35. The fraction of sp³-hybridized carbons (Fsp3) is 0.143. The number of hydrogen-bond acceptors (Lipinski definition) is 3. The van der Waals surface area contributed by atoms with Gasteiger partial charge in [-0.05, 0) is 36.2 Å². The normalized spacial score (nSPS) is 13.8. The summed E-state index contributed by atoms with van der Waals surface area (Å²) in [6, 6.07) is 6.21. The van der Waals surface area contributed by atoms with Gasteiger partial charge in [0.15, 0.2) is 12.0 Å². The number of carbonyl (C=O) groups excluding carboxylic acids is 2. The van der Waals surface area contributed by atoms with Gasteiger partial charge in [0, 0.05) is 12.0 Å². The van der Waals surface area contributed by atoms with E-state index in [1.807, 2.05) is 0 Å². The molecule has 1 N–H and O–H groups in total. The number of carbonyl (C=O) groups is 2. The summed E-state index contributed by atoms with van der Waals surface area (Å²) in [5, 5.41) is 2.52. The van der Waals surface area contributed by atoms with Crippen LogP contribution in [0.3, 0.4) is 0 Å². The molecule has 0 spiro atoms. The highest BCUT2D eigenvalue weighted by Crippen LogP contribution is 2.32. The quantitative estimate of drug-likeness (QED) is 0.843. The van der Waals surface area contributed by atoms with E-state index < -0.39 is 5.82 Å².